The molecule has 1 saturated carbocycles. The maximum atomic E-state index is 13.5. The molecule has 6 nitrogen and oxygen atoms in total. The first-order chi connectivity index (χ1) is 13.0. The second-order valence-electron chi connectivity index (χ2n) is 7.69. The minimum atomic E-state index is -0.752. The van der Waals surface area contributed by atoms with Crippen LogP contribution in [0.2, 0.25) is 0 Å². The monoisotopic (exact) mass is 375 g/mol. The Morgan fingerprint density at radius 2 is 1.74 bits per heavy atom. The number of carbonyl (C=O) groups is 2. The van der Waals surface area contributed by atoms with E-state index in [1.165, 1.54) is 0 Å². The fraction of sp³-hybridized carbons (Fsp3) is 0.619. The van der Waals surface area contributed by atoms with Crippen molar-refractivity contribution in [3.05, 3.63) is 23.8 Å². The normalized spacial score (nSPS) is 19.7. The zero-order chi connectivity index (χ0) is 19.4. The molecular formula is C21H29NO5. The SMILES string of the molecule is COc1ccc(C2(C(=O)N3CCC(CC(=O)O)CC3)CCCC2)cc1OC. The molecule has 1 heterocycles. The molecule has 27 heavy (non-hydrogen) atoms. The number of piperidine rings is 1. The van der Waals surface area contributed by atoms with Crippen LogP contribution in [0.4, 0.5) is 0 Å². The Balaban J connectivity index is 1.81. The van der Waals surface area contributed by atoms with Crippen molar-refractivity contribution in [3.8, 4) is 11.5 Å². The first-order valence-electron chi connectivity index (χ1n) is 9.74. The zero-order valence-corrected chi connectivity index (χ0v) is 16.2. The number of ether oxygens (including phenoxy) is 2. The number of likely N-dealkylation sites (tertiary alicyclic amines) is 1. The van der Waals surface area contributed by atoms with Gasteiger partial charge < -0.3 is 19.5 Å². The van der Waals surface area contributed by atoms with Crippen LogP contribution < -0.4 is 9.47 Å². The fourth-order valence-corrected chi connectivity index (χ4v) is 4.63. The second kappa shape index (κ2) is 8.19. The van der Waals surface area contributed by atoms with Gasteiger partial charge in [-0.1, -0.05) is 18.9 Å². The van der Waals surface area contributed by atoms with E-state index >= 15 is 0 Å². The smallest absolute Gasteiger partial charge is 0.303 e. The maximum Gasteiger partial charge on any atom is 0.303 e. The van der Waals surface area contributed by atoms with E-state index in [1.807, 2.05) is 23.1 Å². The number of benzene rings is 1. The van der Waals surface area contributed by atoms with Crippen molar-refractivity contribution >= 4 is 11.9 Å². The Kier molecular flexibility index (Phi) is 5.92. The summed E-state index contributed by atoms with van der Waals surface area (Å²) in [5, 5.41) is 8.99. The van der Waals surface area contributed by atoms with Gasteiger partial charge in [0.1, 0.15) is 0 Å². The molecule has 0 spiro atoms. The summed E-state index contributed by atoms with van der Waals surface area (Å²) in [6.45, 7) is 1.29. The molecule has 6 heteroatoms. The van der Waals surface area contributed by atoms with Crippen LogP contribution in [0.25, 0.3) is 0 Å². The van der Waals surface area contributed by atoms with Gasteiger partial charge in [-0.05, 0) is 49.3 Å². The van der Waals surface area contributed by atoms with Gasteiger partial charge in [-0.2, -0.15) is 0 Å². The van der Waals surface area contributed by atoms with Gasteiger partial charge in [0.05, 0.1) is 19.6 Å². The highest BCUT2D eigenvalue weighted by atomic mass is 16.5. The van der Waals surface area contributed by atoms with Crippen molar-refractivity contribution < 1.29 is 24.2 Å². The van der Waals surface area contributed by atoms with Gasteiger partial charge in [0.15, 0.2) is 11.5 Å². The number of hydrogen-bond acceptors (Lipinski definition) is 4. The highest BCUT2D eigenvalue weighted by Gasteiger charge is 2.45. The van der Waals surface area contributed by atoms with Gasteiger partial charge in [0, 0.05) is 19.5 Å². The molecule has 1 aliphatic carbocycles. The standard InChI is InChI=1S/C21H29NO5/c1-26-17-6-5-16(14-18(17)27-2)21(9-3-4-10-21)20(25)22-11-7-15(8-12-22)13-19(23)24/h5-6,14-15H,3-4,7-13H2,1-2H3,(H,23,24). The van der Waals surface area contributed by atoms with Crippen molar-refractivity contribution in [1.29, 1.82) is 0 Å². The summed E-state index contributed by atoms with van der Waals surface area (Å²) in [5.74, 6) is 0.913. The van der Waals surface area contributed by atoms with Gasteiger partial charge >= 0.3 is 5.97 Å². The molecule has 0 aromatic heterocycles. The molecule has 1 amide bonds. The third-order valence-electron chi connectivity index (χ3n) is 6.17. The van der Waals surface area contributed by atoms with Crippen LogP contribution in [0.3, 0.4) is 0 Å². The number of aliphatic carboxylic acids is 1. The Hall–Kier alpha value is -2.24. The zero-order valence-electron chi connectivity index (χ0n) is 16.2. The summed E-state index contributed by atoms with van der Waals surface area (Å²) in [6, 6.07) is 5.81. The van der Waals surface area contributed by atoms with Crippen molar-refractivity contribution in [3.63, 3.8) is 0 Å². The average molecular weight is 375 g/mol. The number of nitrogens with zero attached hydrogens (tertiary/aromatic N) is 1. The first kappa shape index (κ1) is 19.5. The number of hydrogen-bond donors (Lipinski definition) is 1. The number of amides is 1. The minimum absolute atomic E-state index is 0.173. The summed E-state index contributed by atoms with van der Waals surface area (Å²) in [4.78, 5) is 26.4. The van der Waals surface area contributed by atoms with Crippen LogP contribution >= 0.6 is 0 Å². The summed E-state index contributed by atoms with van der Waals surface area (Å²) < 4.78 is 10.8. The van der Waals surface area contributed by atoms with E-state index in [1.54, 1.807) is 14.2 Å². The van der Waals surface area contributed by atoms with Crippen molar-refractivity contribution in [2.24, 2.45) is 5.92 Å². The third-order valence-corrected chi connectivity index (χ3v) is 6.17. The Labute approximate surface area is 160 Å². The molecule has 2 fully saturated rings. The molecule has 1 aromatic carbocycles. The van der Waals surface area contributed by atoms with E-state index < -0.39 is 11.4 Å². The fourth-order valence-electron chi connectivity index (χ4n) is 4.63. The van der Waals surface area contributed by atoms with Crippen LogP contribution in [0.1, 0.15) is 50.5 Å². The van der Waals surface area contributed by atoms with E-state index in [-0.39, 0.29) is 18.2 Å². The number of carbonyl (C=O) groups excluding carboxylic acids is 1. The molecule has 0 atom stereocenters. The molecule has 3 rings (SSSR count). The molecular weight excluding hydrogens is 346 g/mol. The largest absolute Gasteiger partial charge is 0.493 e. The summed E-state index contributed by atoms with van der Waals surface area (Å²) in [7, 11) is 3.22. The van der Waals surface area contributed by atoms with Crippen molar-refractivity contribution in [2.45, 2.75) is 50.4 Å². The molecule has 1 aromatic rings. The molecule has 2 aliphatic rings. The molecule has 1 aliphatic heterocycles. The lowest BCUT2D eigenvalue weighted by Gasteiger charge is -2.38. The lowest BCUT2D eigenvalue weighted by Crippen LogP contribution is -2.48. The lowest BCUT2D eigenvalue weighted by atomic mass is 9.76. The Morgan fingerprint density at radius 3 is 2.30 bits per heavy atom. The molecule has 1 saturated heterocycles. The van der Waals surface area contributed by atoms with E-state index in [4.69, 9.17) is 14.6 Å². The predicted molar refractivity (Wildman–Crippen MR) is 101 cm³/mol. The van der Waals surface area contributed by atoms with Gasteiger partial charge in [-0.25, -0.2) is 0 Å². The first-order valence-corrected chi connectivity index (χ1v) is 9.74. The highest BCUT2D eigenvalue weighted by molar-refractivity contribution is 5.89. The van der Waals surface area contributed by atoms with E-state index in [2.05, 4.69) is 0 Å². The second-order valence-corrected chi connectivity index (χ2v) is 7.69. The van der Waals surface area contributed by atoms with E-state index in [0.29, 0.717) is 24.6 Å². The molecule has 148 valence electrons. The maximum absolute atomic E-state index is 13.5. The van der Waals surface area contributed by atoms with Gasteiger partial charge in [-0.3, -0.25) is 9.59 Å². The van der Waals surface area contributed by atoms with Gasteiger partial charge in [-0.15, -0.1) is 0 Å². The topological polar surface area (TPSA) is 76.1 Å². The van der Waals surface area contributed by atoms with Gasteiger partial charge in [0.25, 0.3) is 0 Å². The molecule has 0 unspecified atom stereocenters. The van der Waals surface area contributed by atoms with Crippen LogP contribution in [0.15, 0.2) is 18.2 Å². The lowest BCUT2D eigenvalue weighted by molar-refractivity contribution is -0.140. The highest BCUT2D eigenvalue weighted by Crippen LogP contribution is 2.45. The number of carboxylic acids is 1. The molecule has 1 N–H and O–H groups in total. The predicted octanol–water partition coefficient (Wildman–Crippen LogP) is 3.23. The van der Waals surface area contributed by atoms with Crippen LogP contribution in [-0.2, 0) is 15.0 Å². The summed E-state index contributed by atoms with van der Waals surface area (Å²) in [5.41, 5.74) is 0.495. The number of methoxy groups -OCH3 is 2. The van der Waals surface area contributed by atoms with Crippen LogP contribution in [0, 0.1) is 5.92 Å². The quantitative estimate of drug-likeness (QED) is 0.826. The van der Waals surface area contributed by atoms with Crippen molar-refractivity contribution in [1.82, 2.24) is 4.90 Å². The average Bonchev–Trinajstić information content (AvgIpc) is 3.18. The Morgan fingerprint density at radius 1 is 1.11 bits per heavy atom. The molecule has 0 radical (unpaired) electrons. The van der Waals surface area contributed by atoms with Crippen LogP contribution in [-0.4, -0.2) is 49.2 Å². The van der Waals surface area contributed by atoms with Crippen molar-refractivity contribution in [2.75, 3.05) is 27.3 Å². The summed E-state index contributed by atoms with van der Waals surface area (Å²) >= 11 is 0. The minimum Gasteiger partial charge on any atom is -0.493 e. The van der Waals surface area contributed by atoms with E-state index in [0.717, 1.165) is 44.1 Å². The Bertz CT molecular complexity index is 688. The third kappa shape index (κ3) is 3.89. The summed E-state index contributed by atoms with van der Waals surface area (Å²) in [6.07, 6.45) is 5.49. The number of rotatable bonds is 6. The van der Waals surface area contributed by atoms with Crippen LogP contribution in [0.5, 0.6) is 11.5 Å². The molecule has 0 bridgehead atoms. The number of carboxylic acid groups (broad SMARTS) is 1. The van der Waals surface area contributed by atoms with Gasteiger partial charge in [0.2, 0.25) is 5.91 Å². The van der Waals surface area contributed by atoms with E-state index in [9.17, 15) is 9.59 Å².